The zero-order valence-corrected chi connectivity index (χ0v) is 25.9. The van der Waals surface area contributed by atoms with Gasteiger partial charge in [0.25, 0.3) is 0 Å². The topological polar surface area (TPSA) is 85.4 Å². The summed E-state index contributed by atoms with van der Waals surface area (Å²) in [5, 5.41) is 0. The van der Waals surface area contributed by atoms with Crippen molar-refractivity contribution in [3.8, 4) is 0 Å². The summed E-state index contributed by atoms with van der Waals surface area (Å²) in [6, 6.07) is 0.440. The lowest BCUT2D eigenvalue weighted by Crippen LogP contribution is -2.50. The number of methoxy groups -OCH3 is 1. The van der Waals surface area contributed by atoms with Crippen LogP contribution in [0, 0.1) is 11.8 Å². The van der Waals surface area contributed by atoms with Gasteiger partial charge < -0.3 is 14.2 Å². The number of esters is 1. The van der Waals surface area contributed by atoms with Gasteiger partial charge in [0, 0.05) is 12.6 Å². The molecule has 2 unspecified atom stereocenters. The Morgan fingerprint density at radius 2 is 1.46 bits per heavy atom. The van der Waals surface area contributed by atoms with Crippen molar-refractivity contribution >= 4 is 23.8 Å². The minimum Gasteiger partial charge on any atom is -0.466 e. The quantitative estimate of drug-likeness (QED) is 0.164. The number of rotatable bonds is 7. The molecule has 264 valence electrons. The fraction of sp³-hybridized carbons (Fsp3) is 0.516. The third kappa shape index (κ3) is 7.92. The molecule has 0 radical (unpaired) electrons. The van der Waals surface area contributed by atoms with Gasteiger partial charge in [-0.15, -0.1) is 0 Å². The normalized spacial score (nSPS) is 21.0. The molecule has 0 spiro atoms. The van der Waals surface area contributed by atoms with Crippen LogP contribution in [0.25, 0.3) is 0 Å². The molecule has 48 heavy (non-hydrogen) atoms. The van der Waals surface area contributed by atoms with Crippen LogP contribution < -0.4 is 4.90 Å². The number of anilines is 1. The van der Waals surface area contributed by atoms with Crippen molar-refractivity contribution in [1.82, 2.24) is 4.90 Å². The van der Waals surface area contributed by atoms with Crippen molar-refractivity contribution in [1.29, 1.82) is 0 Å². The predicted octanol–water partition coefficient (Wildman–Crippen LogP) is 8.38. The van der Waals surface area contributed by atoms with Crippen LogP contribution in [-0.2, 0) is 44.1 Å². The van der Waals surface area contributed by atoms with Crippen LogP contribution in [0.3, 0.4) is 0 Å². The van der Waals surface area contributed by atoms with Gasteiger partial charge in [0.15, 0.2) is 0 Å². The van der Waals surface area contributed by atoms with E-state index in [-0.39, 0.29) is 36.8 Å². The summed E-state index contributed by atoms with van der Waals surface area (Å²) < 4.78 is 139. The second-order valence-electron chi connectivity index (χ2n) is 11.7. The number of alkyl halides is 9. The first-order valence-electron chi connectivity index (χ1n) is 14.7. The number of amides is 2. The van der Waals surface area contributed by atoms with Gasteiger partial charge in [-0.2, -0.15) is 39.5 Å². The molecule has 1 heterocycles. The van der Waals surface area contributed by atoms with E-state index in [0.717, 1.165) is 18.1 Å². The lowest BCUT2D eigenvalue weighted by molar-refractivity contribution is -0.145. The summed E-state index contributed by atoms with van der Waals surface area (Å²) in [6.45, 7) is 3.68. The molecule has 8 nitrogen and oxygen atoms in total. The van der Waals surface area contributed by atoms with Crippen LogP contribution in [0.15, 0.2) is 36.4 Å². The van der Waals surface area contributed by atoms with E-state index in [1.54, 1.807) is 6.92 Å². The zero-order valence-electron chi connectivity index (χ0n) is 25.9. The van der Waals surface area contributed by atoms with Crippen molar-refractivity contribution in [2.75, 3.05) is 18.6 Å². The minimum absolute atomic E-state index is 0.0323. The van der Waals surface area contributed by atoms with Crippen LogP contribution in [0.4, 0.5) is 54.8 Å². The molecule has 2 aliphatic rings. The van der Waals surface area contributed by atoms with E-state index in [4.69, 9.17) is 14.2 Å². The highest BCUT2D eigenvalue weighted by Crippen LogP contribution is 2.53. The Kier molecular flexibility index (Phi) is 10.2. The summed E-state index contributed by atoms with van der Waals surface area (Å²) in [5.74, 6) is -2.00. The van der Waals surface area contributed by atoms with Crippen molar-refractivity contribution in [2.45, 2.75) is 76.9 Å². The average Bonchev–Trinajstić information content (AvgIpc) is 3.78. The number of benzene rings is 2. The molecule has 4 atom stereocenters. The molecule has 0 aromatic heterocycles. The number of hydrogen-bond acceptors (Lipinski definition) is 6. The largest absolute Gasteiger partial charge is 0.466 e. The minimum atomic E-state index is -5.22. The number of carbonyl (C=O) groups is 3. The summed E-state index contributed by atoms with van der Waals surface area (Å²) in [5.41, 5.74) is -5.67. The Morgan fingerprint density at radius 3 is 1.96 bits per heavy atom. The number of nitrogens with zero attached hydrogens (tertiary/aromatic N) is 2. The van der Waals surface area contributed by atoms with Crippen molar-refractivity contribution in [3.63, 3.8) is 0 Å². The summed E-state index contributed by atoms with van der Waals surface area (Å²) >= 11 is 0. The van der Waals surface area contributed by atoms with E-state index in [9.17, 15) is 53.9 Å². The maximum Gasteiger partial charge on any atom is 0.416 e. The monoisotopic (exact) mass is 698 g/mol. The molecule has 1 aliphatic carbocycles. The van der Waals surface area contributed by atoms with E-state index >= 15 is 0 Å². The molecule has 0 saturated heterocycles. The Morgan fingerprint density at radius 1 is 0.875 bits per heavy atom. The second-order valence-corrected chi connectivity index (χ2v) is 11.7. The van der Waals surface area contributed by atoms with Gasteiger partial charge in [-0.25, -0.2) is 9.59 Å². The van der Waals surface area contributed by atoms with Crippen LogP contribution in [-0.4, -0.2) is 48.9 Å². The van der Waals surface area contributed by atoms with Gasteiger partial charge in [-0.1, -0.05) is 0 Å². The highest BCUT2D eigenvalue weighted by atomic mass is 19.4. The molecule has 1 fully saturated rings. The van der Waals surface area contributed by atoms with E-state index < -0.39 is 95.5 Å². The van der Waals surface area contributed by atoms with E-state index in [2.05, 4.69) is 0 Å². The van der Waals surface area contributed by atoms with E-state index in [0.29, 0.717) is 29.2 Å². The fourth-order valence-corrected chi connectivity index (χ4v) is 5.90. The first-order valence-corrected chi connectivity index (χ1v) is 14.7. The molecule has 17 heteroatoms. The lowest BCUT2D eigenvalue weighted by atomic mass is 9.86. The fourth-order valence-electron chi connectivity index (χ4n) is 5.90. The van der Waals surface area contributed by atoms with E-state index in [1.165, 1.54) is 13.8 Å². The van der Waals surface area contributed by atoms with Crippen molar-refractivity contribution in [2.24, 2.45) is 11.8 Å². The SMILES string of the molecule is CCOC(=O)C1CC1[C@H]1C[C@@H](N(Cc2cc(C(F)(F)F)cc(C(F)(F)F)c2)C(=O)OC)c2cc(C(F)(F)F)ccc2N1C(=O)OC(C)C. The molecule has 2 aromatic rings. The predicted molar refractivity (Wildman–Crippen MR) is 149 cm³/mol. The van der Waals surface area contributed by atoms with E-state index in [1.807, 2.05) is 0 Å². The molecule has 0 N–H and O–H groups in total. The molecule has 2 amide bonds. The molecule has 1 aliphatic heterocycles. The maximum absolute atomic E-state index is 14.0. The van der Waals surface area contributed by atoms with Crippen molar-refractivity contribution < 1.29 is 68.1 Å². The van der Waals surface area contributed by atoms with Crippen LogP contribution >= 0.6 is 0 Å². The number of ether oxygens (including phenoxy) is 3. The Labute approximate surface area is 268 Å². The maximum atomic E-state index is 14.0. The van der Waals surface area contributed by atoms with Gasteiger partial charge in [0.2, 0.25) is 0 Å². The first kappa shape index (κ1) is 36.7. The summed E-state index contributed by atoms with van der Waals surface area (Å²) in [7, 11) is 0.875. The number of halogens is 9. The Bertz CT molecular complexity index is 1510. The van der Waals surface area contributed by atoms with Crippen LogP contribution in [0.1, 0.15) is 67.5 Å². The third-order valence-electron chi connectivity index (χ3n) is 8.01. The molecular weight excluding hydrogens is 667 g/mol. The summed E-state index contributed by atoms with van der Waals surface area (Å²) in [6.07, 6.45) is -18.5. The van der Waals surface area contributed by atoms with Gasteiger partial charge in [0.05, 0.1) is 54.2 Å². The number of fused-ring (bicyclic) bond motifs is 1. The third-order valence-corrected chi connectivity index (χ3v) is 8.01. The standard InChI is InChI=1S/C31H31F9N2O6/c1-5-47-26(43)21-12-20(21)25-13-24(22-11-17(29(32,33)34)6-7-23(22)42(25)28(45)48-15(2)3)41(27(44)46-4)14-16-8-18(30(35,36)37)10-19(9-16)31(38,39)40/h6-11,15,20-21,24-25H,5,12-14H2,1-4H3/t20?,21?,24-,25-/m1/s1. The van der Waals surface area contributed by atoms with Gasteiger partial charge in [0.1, 0.15) is 0 Å². The molecule has 1 saturated carbocycles. The molecule has 4 rings (SSSR count). The Balaban J connectivity index is 1.91. The molecule has 2 aromatic carbocycles. The highest BCUT2D eigenvalue weighted by molar-refractivity contribution is 5.91. The average molecular weight is 699 g/mol. The molecule has 0 bridgehead atoms. The summed E-state index contributed by atoms with van der Waals surface area (Å²) in [4.78, 5) is 41.1. The highest BCUT2D eigenvalue weighted by Gasteiger charge is 2.55. The van der Waals surface area contributed by atoms with Crippen molar-refractivity contribution in [3.05, 3.63) is 64.2 Å². The Hall–Kier alpha value is -4.18. The van der Waals surface area contributed by atoms with Crippen LogP contribution in [0.5, 0.6) is 0 Å². The smallest absolute Gasteiger partial charge is 0.416 e. The van der Waals surface area contributed by atoms with Crippen LogP contribution in [0.2, 0.25) is 0 Å². The van der Waals surface area contributed by atoms with Gasteiger partial charge >= 0.3 is 36.7 Å². The number of carbonyl (C=O) groups excluding carboxylic acids is 3. The number of hydrogen-bond donors (Lipinski definition) is 0. The molecular formula is C31H31F9N2O6. The van der Waals surface area contributed by atoms with Gasteiger partial charge in [-0.05, 0) is 87.1 Å². The second kappa shape index (κ2) is 13.4. The van der Waals surface area contributed by atoms with Gasteiger partial charge in [-0.3, -0.25) is 14.6 Å². The zero-order chi connectivity index (χ0) is 35.9. The first-order chi connectivity index (χ1) is 22.2. The lowest BCUT2D eigenvalue weighted by Gasteiger charge is -2.44.